The summed E-state index contributed by atoms with van der Waals surface area (Å²) in [5.74, 6) is -0.414. The van der Waals surface area contributed by atoms with Gasteiger partial charge in [-0.1, -0.05) is 0 Å². The number of aryl methyl sites for hydroxylation is 1. The first-order valence-electron chi connectivity index (χ1n) is 7.47. The number of carbonyl (C=O) groups is 2. The van der Waals surface area contributed by atoms with Crippen molar-refractivity contribution in [3.8, 4) is 0 Å². The highest BCUT2D eigenvalue weighted by Crippen LogP contribution is 2.33. The smallest absolute Gasteiger partial charge is 0.315 e. The molecule has 0 N–H and O–H groups in total. The molecular weight excluding hydrogens is 298 g/mol. The number of hydrogen-bond donors (Lipinski definition) is 0. The lowest BCUT2D eigenvalue weighted by Gasteiger charge is -2.12. The van der Waals surface area contributed by atoms with E-state index in [-0.39, 0.29) is 23.8 Å². The van der Waals surface area contributed by atoms with E-state index in [0.717, 1.165) is 16.1 Å². The molecule has 2 aromatic rings. The van der Waals surface area contributed by atoms with Crippen molar-refractivity contribution in [3.63, 3.8) is 0 Å². The van der Waals surface area contributed by atoms with Gasteiger partial charge in [0.25, 0.3) is 0 Å². The van der Waals surface area contributed by atoms with Crippen molar-refractivity contribution < 1.29 is 14.3 Å². The van der Waals surface area contributed by atoms with E-state index in [1.54, 1.807) is 0 Å². The Balaban J connectivity index is 1.89. The fourth-order valence-corrected chi connectivity index (χ4v) is 3.79. The third-order valence-electron chi connectivity index (χ3n) is 3.95. The summed E-state index contributed by atoms with van der Waals surface area (Å²) >= 11 is 1.46. The van der Waals surface area contributed by atoms with Gasteiger partial charge in [-0.05, 0) is 56.3 Å². The fraction of sp³-hybridized carbons (Fsp3) is 0.412. The minimum absolute atomic E-state index is 0.0385. The summed E-state index contributed by atoms with van der Waals surface area (Å²) in [6, 6.07) is 5.66. The molecule has 5 heteroatoms. The van der Waals surface area contributed by atoms with Crippen molar-refractivity contribution >= 4 is 23.1 Å². The molecule has 0 saturated carbocycles. The Labute approximate surface area is 133 Å². The number of nitrogens with zero attached hydrogens (tertiary/aromatic N) is 1. The van der Waals surface area contributed by atoms with Gasteiger partial charge in [0, 0.05) is 12.2 Å². The first kappa shape index (κ1) is 15.0. The summed E-state index contributed by atoms with van der Waals surface area (Å²) in [7, 11) is 0. The normalized spacial score (nSPS) is 16.8. The molecule has 0 spiro atoms. The van der Waals surface area contributed by atoms with E-state index in [9.17, 15) is 9.59 Å². The zero-order valence-corrected chi connectivity index (χ0v) is 13.8. The summed E-state index contributed by atoms with van der Waals surface area (Å²) in [5, 5.41) is 1.93. The molecule has 0 bridgehead atoms. The molecule has 0 fully saturated rings. The first-order chi connectivity index (χ1) is 10.5. The molecule has 1 unspecified atom stereocenters. The minimum atomic E-state index is -0.256. The minimum Gasteiger partial charge on any atom is -0.462 e. The van der Waals surface area contributed by atoms with Gasteiger partial charge >= 0.3 is 5.97 Å². The third-order valence-corrected chi connectivity index (χ3v) is 4.97. The van der Waals surface area contributed by atoms with Gasteiger partial charge in [-0.25, -0.2) is 0 Å². The van der Waals surface area contributed by atoms with Crippen molar-refractivity contribution in [2.45, 2.75) is 45.8 Å². The van der Waals surface area contributed by atoms with E-state index < -0.39 is 0 Å². The molecule has 0 aliphatic carbocycles. The van der Waals surface area contributed by atoms with Crippen LogP contribution in [0.25, 0.3) is 0 Å². The second kappa shape index (κ2) is 5.72. The lowest BCUT2D eigenvalue weighted by Crippen LogP contribution is -2.18. The van der Waals surface area contributed by atoms with Crippen molar-refractivity contribution in [1.82, 2.24) is 4.57 Å². The van der Waals surface area contributed by atoms with Crippen LogP contribution in [0.1, 0.15) is 52.8 Å². The van der Waals surface area contributed by atoms with Crippen LogP contribution in [-0.4, -0.2) is 22.4 Å². The number of thiophene rings is 1. The van der Waals surface area contributed by atoms with Gasteiger partial charge in [-0.3, -0.25) is 9.59 Å². The lowest BCUT2D eigenvalue weighted by atomic mass is 10.1. The molecule has 0 radical (unpaired) electrons. The highest BCUT2D eigenvalue weighted by molar-refractivity contribution is 7.12. The molecule has 1 aliphatic heterocycles. The van der Waals surface area contributed by atoms with Gasteiger partial charge in [0.1, 0.15) is 0 Å². The van der Waals surface area contributed by atoms with E-state index in [1.165, 1.54) is 11.3 Å². The Morgan fingerprint density at radius 1 is 1.32 bits per heavy atom. The van der Waals surface area contributed by atoms with Crippen LogP contribution in [0.2, 0.25) is 0 Å². The predicted octanol–water partition coefficient (Wildman–Crippen LogP) is 3.53. The van der Waals surface area contributed by atoms with E-state index in [0.29, 0.717) is 18.7 Å². The second-order valence-electron chi connectivity index (χ2n) is 5.88. The quantitative estimate of drug-likeness (QED) is 0.640. The summed E-state index contributed by atoms with van der Waals surface area (Å²) in [5.41, 5.74) is 2.56. The van der Waals surface area contributed by atoms with E-state index in [1.807, 2.05) is 48.9 Å². The van der Waals surface area contributed by atoms with Crippen LogP contribution < -0.4 is 0 Å². The predicted molar refractivity (Wildman–Crippen MR) is 85.5 cm³/mol. The standard InChI is InChI=1S/C17H19NO3S/c1-10(2)21-17(20)12-6-8-18-13(12)4-5-14(18)15(19)16-11(3)7-9-22-16/h4-5,7,9-10,12H,6,8H2,1-3H3. The molecule has 0 amide bonds. The largest absolute Gasteiger partial charge is 0.462 e. The molecule has 1 atom stereocenters. The van der Waals surface area contributed by atoms with Crippen molar-refractivity contribution in [2.24, 2.45) is 0 Å². The zero-order valence-electron chi connectivity index (χ0n) is 13.0. The Morgan fingerprint density at radius 3 is 2.73 bits per heavy atom. The number of fused-ring (bicyclic) bond motifs is 1. The molecule has 116 valence electrons. The number of rotatable bonds is 4. The number of hydrogen-bond acceptors (Lipinski definition) is 4. The van der Waals surface area contributed by atoms with Gasteiger partial charge in [0.2, 0.25) is 5.78 Å². The Morgan fingerprint density at radius 2 is 2.09 bits per heavy atom. The number of ketones is 1. The molecule has 1 aliphatic rings. The van der Waals surface area contributed by atoms with Crippen LogP contribution in [0.15, 0.2) is 23.6 Å². The van der Waals surface area contributed by atoms with E-state index in [4.69, 9.17) is 4.74 Å². The van der Waals surface area contributed by atoms with Crippen LogP contribution in [-0.2, 0) is 16.1 Å². The zero-order chi connectivity index (χ0) is 15.9. The fourth-order valence-electron chi connectivity index (χ4n) is 2.92. The van der Waals surface area contributed by atoms with Crippen LogP contribution >= 0.6 is 11.3 Å². The summed E-state index contributed by atoms with van der Waals surface area (Å²) in [6.07, 6.45) is 0.581. The SMILES string of the molecule is Cc1ccsc1C(=O)c1ccc2n1CCC2C(=O)OC(C)C. The molecular formula is C17H19NO3S. The number of carbonyl (C=O) groups excluding carboxylic acids is 2. The van der Waals surface area contributed by atoms with E-state index in [2.05, 4.69) is 0 Å². The number of aromatic nitrogens is 1. The molecule has 22 heavy (non-hydrogen) atoms. The van der Waals surface area contributed by atoms with Crippen LogP contribution in [0.3, 0.4) is 0 Å². The van der Waals surface area contributed by atoms with Gasteiger partial charge < -0.3 is 9.30 Å². The van der Waals surface area contributed by atoms with Crippen LogP contribution in [0, 0.1) is 6.92 Å². The van der Waals surface area contributed by atoms with Crippen LogP contribution in [0.5, 0.6) is 0 Å². The second-order valence-corrected chi connectivity index (χ2v) is 6.80. The van der Waals surface area contributed by atoms with Crippen LogP contribution in [0.4, 0.5) is 0 Å². The van der Waals surface area contributed by atoms with Gasteiger partial charge in [0.05, 0.1) is 22.6 Å². The topological polar surface area (TPSA) is 48.3 Å². The Kier molecular flexibility index (Phi) is 3.91. The maximum absolute atomic E-state index is 12.7. The summed E-state index contributed by atoms with van der Waals surface area (Å²) in [4.78, 5) is 25.6. The molecule has 3 rings (SSSR count). The average Bonchev–Trinajstić information content (AvgIpc) is 3.11. The van der Waals surface area contributed by atoms with Crippen molar-refractivity contribution in [1.29, 1.82) is 0 Å². The first-order valence-corrected chi connectivity index (χ1v) is 8.35. The van der Waals surface area contributed by atoms with Gasteiger partial charge in [-0.2, -0.15) is 0 Å². The third kappa shape index (κ3) is 2.50. The maximum atomic E-state index is 12.7. The number of ether oxygens (including phenoxy) is 1. The highest BCUT2D eigenvalue weighted by atomic mass is 32.1. The average molecular weight is 317 g/mol. The summed E-state index contributed by atoms with van der Waals surface area (Å²) in [6.45, 7) is 6.33. The monoisotopic (exact) mass is 317 g/mol. The van der Waals surface area contributed by atoms with Gasteiger partial charge in [0.15, 0.2) is 0 Å². The highest BCUT2D eigenvalue weighted by Gasteiger charge is 2.33. The Hall–Kier alpha value is -1.88. The maximum Gasteiger partial charge on any atom is 0.315 e. The van der Waals surface area contributed by atoms with Crippen molar-refractivity contribution in [2.75, 3.05) is 0 Å². The summed E-state index contributed by atoms with van der Waals surface area (Å²) < 4.78 is 7.28. The molecule has 3 heterocycles. The molecule has 0 aromatic carbocycles. The molecule has 0 saturated heterocycles. The molecule has 2 aromatic heterocycles. The lowest BCUT2D eigenvalue weighted by molar-refractivity contribution is -0.149. The Bertz CT molecular complexity index is 726. The molecule has 4 nitrogen and oxygen atoms in total. The number of esters is 1. The van der Waals surface area contributed by atoms with Gasteiger partial charge in [-0.15, -0.1) is 11.3 Å². The van der Waals surface area contributed by atoms with E-state index >= 15 is 0 Å². The van der Waals surface area contributed by atoms with Crippen molar-refractivity contribution in [3.05, 3.63) is 45.4 Å².